The fraction of sp³-hybridized carbons (Fsp3) is 0.312. The normalized spacial score (nSPS) is 11.4. The number of furan rings is 1. The van der Waals surface area contributed by atoms with Gasteiger partial charge in [-0.3, -0.25) is 4.79 Å². The lowest BCUT2D eigenvalue weighted by atomic mass is 9.85. The van der Waals surface area contributed by atoms with Crippen LogP contribution in [0.25, 0.3) is 0 Å². The lowest BCUT2D eigenvalue weighted by Crippen LogP contribution is -2.12. The van der Waals surface area contributed by atoms with Gasteiger partial charge in [-0.2, -0.15) is 0 Å². The molecule has 1 aromatic heterocycles. The van der Waals surface area contributed by atoms with Gasteiger partial charge in [0.15, 0.2) is 12.0 Å². The average Bonchev–Trinajstić information content (AvgIpc) is 2.78. The Balaban J connectivity index is 2.36. The summed E-state index contributed by atoms with van der Waals surface area (Å²) in [4.78, 5) is 10.6. The zero-order valence-electron chi connectivity index (χ0n) is 11.7. The molecule has 0 fully saturated rings. The Morgan fingerprint density at radius 3 is 2.47 bits per heavy atom. The van der Waals surface area contributed by atoms with Crippen molar-refractivity contribution in [3.8, 4) is 11.7 Å². The Morgan fingerprint density at radius 1 is 1.16 bits per heavy atom. The smallest absolute Gasteiger partial charge is 0.290 e. The number of ether oxygens (including phenoxy) is 1. The zero-order valence-corrected chi connectivity index (χ0v) is 11.7. The van der Waals surface area contributed by atoms with Crippen molar-refractivity contribution in [3.63, 3.8) is 0 Å². The van der Waals surface area contributed by atoms with E-state index in [2.05, 4.69) is 33.8 Å². The molecule has 0 amide bonds. The number of carbonyl (C=O) groups excluding carboxylic acids is 1. The summed E-state index contributed by atoms with van der Waals surface area (Å²) in [5.74, 6) is 1.35. The Morgan fingerprint density at radius 2 is 1.89 bits per heavy atom. The minimum atomic E-state index is -0.0264. The number of benzene rings is 1. The van der Waals surface area contributed by atoms with Crippen LogP contribution in [0, 0.1) is 6.92 Å². The van der Waals surface area contributed by atoms with Crippen LogP contribution < -0.4 is 4.74 Å². The number of carbonyl (C=O) groups is 1. The first-order valence-corrected chi connectivity index (χ1v) is 6.24. The summed E-state index contributed by atoms with van der Waals surface area (Å²) in [5.41, 5.74) is 2.27. The molecular formula is C16H18O3. The van der Waals surface area contributed by atoms with Crippen molar-refractivity contribution in [2.75, 3.05) is 0 Å². The number of hydrogen-bond donors (Lipinski definition) is 0. The summed E-state index contributed by atoms with van der Waals surface area (Å²) in [6.07, 6.45) is 0.659. The van der Waals surface area contributed by atoms with Gasteiger partial charge in [0.2, 0.25) is 0 Å². The van der Waals surface area contributed by atoms with Gasteiger partial charge in [-0.25, -0.2) is 0 Å². The van der Waals surface area contributed by atoms with Crippen molar-refractivity contribution in [3.05, 3.63) is 47.2 Å². The molecule has 0 aliphatic rings. The van der Waals surface area contributed by atoms with Gasteiger partial charge < -0.3 is 9.15 Å². The highest BCUT2D eigenvalue weighted by Gasteiger charge is 2.20. The van der Waals surface area contributed by atoms with E-state index in [4.69, 9.17) is 9.15 Å². The van der Waals surface area contributed by atoms with Gasteiger partial charge in [0, 0.05) is 11.6 Å². The molecule has 0 N–H and O–H groups in total. The minimum absolute atomic E-state index is 0.0264. The van der Waals surface area contributed by atoms with Gasteiger partial charge in [-0.05, 0) is 24.5 Å². The molecule has 1 aromatic carbocycles. The summed E-state index contributed by atoms with van der Waals surface area (Å²) >= 11 is 0. The predicted octanol–water partition coefficient (Wildman–Crippen LogP) is 4.49. The Hall–Kier alpha value is -2.03. The SMILES string of the molecule is Cc1ccc(Oc2ccc(C=O)o2)c(C(C)(C)C)c1. The summed E-state index contributed by atoms with van der Waals surface area (Å²) in [6.45, 7) is 8.45. The van der Waals surface area contributed by atoms with Crippen LogP contribution in [0.3, 0.4) is 0 Å². The fourth-order valence-corrected chi connectivity index (χ4v) is 1.88. The lowest BCUT2D eigenvalue weighted by molar-refractivity contribution is 0.109. The molecule has 0 saturated heterocycles. The van der Waals surface area contributed by atoms with Crippen LogP contribution >= 0.6 is 0 Å². The van der Waals surface area contributed by atoms with Crippen molar-refractivity contribution in [2.24, 2.45) is 0 Å². The monoisotopic (exact) mass is 258 g/mol. The molecule has 0 bridgehead atoms. The van der Waals surface area contributed by atoms with Gasteiger partial charge in [-0.15, -0.1) is 0 Å². The first-order valence-electron chi connectivity index (χ1n) is 6.24. The van der Waals surface area contributed by atoms with Crippen molar-refractivity contribution in [1.29, 1.82) is 0 Å². The predicted molar refractivity (Wildman–Crippen MR) is 74.0 cm³/mol. The third-order valence-electron chi connectivity index (χ3n) is 2.87. The summed E-state index contributed by atoms with van der Waals surface area (Å²) in [6, 6.07) is 9.27. The van der Waals surface area contributed by atoms with Crippen LogP contribution in [0.5, 0.6) is 11.7 Å². The van der Waals surface area contributed by atoms with Crippen LogP contribution in [0.4, 0.5) is 0 Å². The molecule has 0 spiro atoms. The van der Waals surface area contributed by atoms with E-state index in [1.165, 1.54) is 5.56 Å². The van der Waals surface area contributed by atoms with Crippen LogP contribution in [0.1, 0.15) is 42.5 Å². The van der Waals surface area contributed by atoms with Crippen molar-refractivity contribution in [1.82, 2.24) is 0 Å². The van der Waals surface area contributed by atoms with E-state index in [0.29, 0.717) is 12.2 Å². The molecule has 0 atom stereocenters. The standard InChI is InChI=1S/C16H18O3/c1-11-5-7-14(13(9-11)16(2,3)4)19-15-8-6-12(10-17)18-15/h5-10H,1-4H3. The molecule has 100 valence electrons. The average molecular weight is 258 g/mol. The number of hydrogen-bond acceptors (Lipinski definition) is 3. The first-order chi connectivity index (χ1) is 8.90. The highest BCUT2D eigenvalue weighted by atomic mass is 16.6. The first kappa shape index (κ1) is 13.4. The largest absolute Gasteiger partial charge is 0.426 e. The van der Waals surface area contributed by atoms with Crippen LogP contribution in [-0.4, -0.2) is 6.29 Å². The third kappa shape index (κ3) is 3.05. The number of rotatable bonds is 3. The van der Waals surface area contributed by atoms with E-state index in [-0.39, 0.29) is 11.2 Å². The number of aryl methyl sites for hydroxylation is 1. The van der Waals surface area contributed by atoms with E-state index in [1.54, 1.807) is 12.1 Å². The topological polar surface area (TPSA) is 39.4 Å². The molecule has 2 rings (SSSR count). The second kappa shape index (κ2) is 4.92. The second-order valence-electron chi connectivity index (χ2n) is 5.63. The number of aldehydes is 1. The molecule has 0 radical (unpaired) electrons. The minimum Gasteiger partial charge on any atom is -0.426 e. The van der Waals surface area contributed by atoms with E-state index in [9.17, 15) is 4.79 Å². The summed E-state index contributed by atoms with van der Waals surface area (Å²) in [7, 11) is 0. The van der Waals surface area contributed by atoms with E-state index >= 15 is 0 Å². The zero-order chi connectivity index (χ0) is 14.0. The maximum atomic E-state index is 10.6. The summed E-state index contributed by atoms with van der Waals surface area (Å²) in [5, 5.41) is 0. The van der Waals surface area contributed by atoms with E-state index < -0.39 is 0 Å². The van der Waals surface area contributed by atoms with Gasteiger partial charge in [0.25, 0.3) is 5.95 Å². The van der Waals surface area contributed by atoms with Crippen molar-refractivity contribution in [2.45, 2.75) is 33.1 Å². The maximum absolute atomic E-state index is 10.6. The molecule has 3 nitrogen and oxygen atoms in total. The van der Waals surface area contributed by atoms with Gasteiger partial charge in [0.1, 0.15) is 5.75 Å². The second-order valence-corrected chi connectivity index (χ2v) is 5.63. The van der Waals surface area contributed by atoms with E-state index in [1.807, 2.05) is 12.1 Å². The van der Waals surface area contributed by atoms with Gasteiger partial charge >= 0.3 is 0 Å². The Bertz CT molecular complexity index is 588. The van der Waals surface area contributed by atoms with Gasteiger partial charge in [0.05, 0.1) is 0 Å². The fourth-order valence-electron chi connectivity index (χ4n) is 1.88. The molecule has 3 heteroatoms. The van der Waals surface area contributed by atoms with Gasteiger partial charge in [-0.1, -0.05) is 38.5 Å². The summed E-state index contributed by atoms with van der Waals surface area (Å²) < 4.78 is 11.0. The molecule has 0 saturated carbocycles. The molecule has 0 aliphatic heterocycles. The molecule has 0 aliphatic carbocycles. The quantitative estimate of drug-likeness (QED) is 0.761. The highest BCUT2D eigenvalue weighted by Crippen LogP contribution is 2.35. The Kier molecular flexibility index (Phi) is 3.47. The van der Waals surface area contributed by atoms with Crippen LogP contribution in [-0.2, 0) is 5.41 Å². The van der Waals surface area contributed by atoms with Crippen molar-refractivity contribution >= 4 is 6.29 Å². The molecule has 2 aromatic rings. The lowest BCUT2D eigenvalue weighted by Gasteiger charge is -2.22. The van der Waals surface area contributed by atoms with E-state index in [0.717, 1.165) is 11.3 Å². The Labute approximate surface area is 113 Å². The molecule has 0 unspecified atom stereocenters. The van der Waals surface area contributed by atoms with Crippen LogP contribution in [0.15, 0.2) is 34.7 Å². The van der Waals surface area contributed by atoms with Crippen molar-refractivity contribution < 1.29 is 13.9 Å². The molecule has 19 heavy (non-hydrogen) atoms. The molecular weight excluding hydrogens is 240 g/mol. The molecule has 1 heterocycles. The van der Waals surface area contributed by atoms with Crippen LogP contribution in [0.2, 0.25) is 0 Å². The third-order valence-corrected chi connectivity index (χ3v) is 2.87. The highest BCUT2D eigenvalue weighted by molar-refractivity contribution is 5.70. The maximum Gasteiger partial charge on any atom is 0.290 e.